The first-order chi connectivity index (χ1) is 19.7. The molecule has 0 aliphatic heterocycles. The van der Waals surface area contributed by atoms with E-state index in [2.05, 4.69) is 115 Å². The number of hydrogen-bond donors (Lipinski definition) is 0. The van der Waals surface area contributed by atoms with Crippen molar-refractivity contribution in [1.82, 2.24) is 0 Å². The summed E-state index contributed by atoms with van der Waals surface area (Å²) in [5, 5.41) is 2.19. The van der Waals surface area contributed by atoms with Crippen LogP contribution < -0.4 is 9.47 Å². The van der Waals surface area contributed by atoms with Crippen LogP contribution in [0.2, 0.25) is 0 Å². The molecule has 2 aromatic rings. The summed E-state index contributed by atoms with van der Waals surface area (Å²) in [4.78, 5) is 0. The molecule has 4 heteroatoms. The SMILES string of the molecule is CC(C)(CC1=C=C=CC=C1)OCC(C)(C)Oc1cc2ccccc2cc1OC(C)(C)COC(C)(C)CC1=CC=CCC1. The Bertz CT molecular complexity index is 1450. The van der Waals surface area contributed by atoms with E-state index >= 15 is 0 Å². The third kappa shape index (κ3) is 9.65. The highest BCUT2D eigenvalue weighted by atomic mass is 16.6. The average molecular weight is 569 g/mol. The summed E-state index contributed by atoms with van der Waals surface area (Å²) in [5.41, 5.74) is 6.86. The molecule has 0 saturated carbocycles. The molecule has 4 rings (SSSR count). The summed E-state index contributed by atoms with van der Waals surface area (Å²) in [6, 6.07) is 12.4. The van der Waals surface area contributed by atoms with E-state index in [0.29, 0.717) is 24.7 Å². The van der Waals surface area contributed by atoms with Crippen molar-refractivity contribution in [2.45, 2.75) is 103 Å². The summed E-state index contributed by atoms with van der Waals surface area (Å²) in [6.45, 7) is 17.6. The molecule has 0 heterocycles. The first kappa shape index (κ1) is 31.7. The molecule has 224 valence electrons. The molecule has 0 aromatic heterocycles. The van der Waals surface area contributed by atoms with E-state index in [4.69, 9.17) is 18.9 Å². The Kier molecular flexibility index (Phi) is 9.76. The summed E-state index contributed by atoms with van der Waals surface area (Å²) < 4.78 is 26.2. The lowest BCUT2D eigenvalue weighted by atomic mass is 9.92. The van der Waals surface area contributed by atoms with Crippen LogP contribution in [0.5, 0.6) is 11.5 Å². The molecule has 0 N–H and O–H groups in total. The maximum Gasteiger partial charge on any atom is 0.162 e. The van der Waals surface area contributed by atoms with Gasteiger partial charge in [-0.3, -0.25) is 0 Å². The van der Waals surface area contributed by atoms with Crippen molar-refractivity contribution in [3.63, 3.8) is 0 Å². The van der Waals surface area contributed by atoms with E-state index in [0.717, 1.165) is 42.0 Å². The lowest BCUT2D eigenvalue weighted by molar-refractivity contribution is -0.0880. The Morgan fingerprint density at radius 3 is 1.79 bits per heavy atom. The topological polar surface area (TPSA) is 36.9 Å². The minimum atomic E-state index is -0.602. The van der Waals surface area contributed by atoms with Crippen LogP contribution in [0.25, 0.3) is 10.8 Å². The van der Waals surface area contributed by atoms with Crippen molar-refractivity contribution in [3.05, 3.63) is 95.5 Å². The molecule has 0 bridgehead atoms. The van der Waals surface area contributed by atoms with Crippen LogP contribution in [0.4, 0.5) is 0 Å². The van der Waals surface area contributed by atoms with Crippen molar-refractivity contribution in [3.8, 4) is 11.5 Å². The molecular weight excluding hydrogens is 520 g/mol. The quantitative estimate of drug-likeness (QED) is 0.213. The lowest BCUT2D eigenvalue weighted by Crippen LogP contribution is -2.40. The lowest BCUT2D eigenvalue weighted by Gasteiger charge is -2.35. The van der Waals surface area contributed by atoms with Crippen LogP contribution in [-0.4, -0.2) is 35.6 Å². The third-order valence-corrected chi connectivity index (χ3v) is 7.28. The number of benzene rings is 2. The maximum atomic E-state index is 6.67. The highest BCUT2D eigenvalue weighted by Crippen LogP contribution is 2.38. The van der Waals surface area contributed by atoms with Crippen LogP contribution in [-0.2, 0) is 9.47 Å². The highest BCUT2D eigenvalue weighted by molar-refractivity contribution is 5.86. The van der Waals surface area contributed by atoms with Crippen LogP contribution >= 0.6 is 0 Å². The molecule has 0 fully saturated rings. The molecule has 4 nitrogen and oxygen atoms in total. The molecule has 0 spiro atoms. The summed E-state index contributed by atoms with van der Waals surface area (Å²) in [5.74, 6) is 1.39. The molecule has 0 unspecified atom stereocenters. The zero-order valence-electron chi connectivity index (χ0n) is 26.8. The van der Waals surface area contributed by atoms with Crippen molar-refractivity contribution in [2.75, 3.05) is 13.2 Å². The van der Waals surface area contributed by atoms with Crippen LogP contribution in [0, 0.1) is 0 Å². The van der Waals surface area contributed by atoms with Gasteiger partial charge in [0.1, 0.15) is 11.2 Å². The number of allylic oxidation sites excluding steroid dienone is 6. The zero-order chi connectivity index (χ0) is 30.4. The predicted octanol–water partition coefficient (Wildman–Crippen LogP) is 9.61. The van der Waals surface area contributed by atoms with Gasteiger partial charge in [-0.2, -0.15) is 0 Å². The molecule has 0 saturated heterocycles. The largest absolute Gasteiger partial charge is 0.482 e. The molecule has 2 aromatic carbocycles. The molecular formula is C38H48O4. The summed E-state index contributed by atoms with van der Waals surface area (Å²) in [7, 11) is 0. The monoisotopic (exact) mass is 568 g/mol. The van der Waals surface area contributed by atoms with Gasteiger partial charge in [-0.25, -0.2) is 0 Å². The van der Waals surface area contributed by atoms with E-state index in [1.54, 1.807) is 0 Å². The number of ether oxygens (including phenoxy) is 4. The first-order valence-corrected chi connectivity index (χ1v) is 15.1. The van der Waals surface area contributed by atoms with Gasteiger partial charge in [0.25, 0.3) is 0 Å². The maximum absolute atomic E-state index is 6.67. The Morgan fingerprint density at radius 2 is 1.29 bits per heavy atom. The fraction of sp³-hybridized carbons (Fsp3) is 0.474. The van der Waals surface area contributed by atoms with E-state index in [1.807, 2.05) is 24.3 Å². The van der Waals surface area contributed by atoms with Crippen LogP contribution in [0.3, 0.4) is 0 Å². The van der Waals surface area contributed by atoms with Crippen LogP contribution in [0.15, 0.2) is 95.5 Å². The third-order valence-electron chi connectivity index (χ3n) is 7.28. The van der Waals surface area contributed by atoms with Gasteiger partial charge < -0.3 is 18.9 Å². The Morgan fingerprint density at radius 1 is 0.714 bits per heavy atom. The molecule has 0 atom stereocenters. The van der Waals surface area contributed by atoms with E-state index in [1.165, 1.54) is 5.57 Å². The molecule has 2 aliphatic rings. The Labute approximate surface area is 253 Å². The summed E-state index contributed by atoms with van der Waals surface area (Å²) >= 11 is 0. The standard InChI is InChI=1S/C38H48O4/c1-35(2,25-29-17-11-9-12-18-29)39-27-37(5,6)41-33-23-31-21-15-16-22-32(31)24-34(33)42-38(7,8)28-40-36(3,4)26-30-19-13-10-14-20-30/h9-11,13,15-17,19,21-24H,12,18,25-28H2,1-8H3. The second kappa shape index (κ2) is 12.9. The average Bonchev–Trinajstić information content (AvgIpc) is 2.92. The predicted molar refractivity (Wildman–Crippen MR) is 173 cm³/mol. The van der Waals surface area contributed by atoms with Gasteiger partial charge in [0.2, 0.25) is 0 Å². The zero-order valence-corrected chi connectivity index (χ0v) is 26.8. The van der Waals surface area contributed by atoms with Gasteiger partial charge in [-0.05, 0) is 110 Å². The number of hydrogen-bond acceptors (Lipinski definition) is 4. The smallest absolute Gasteiger partial charge is 0.162 e. The van der Waals surface area contributed by atoms with Crippen molar-refractivity contribution in [1.29, 1.82) is 0 Å². The van der Waals surface area contributed by atoms with Gasteiger partial charge in [0, 0.05) is 12.0 Å². The van der Waals surface area contributed by atoms with E-state index in [-0.39, 0.29) is 11.2 Å². The second-order valence-corrected chi connectivity index (χ2v) is 13.9. The van der Waals surface area contributed by atoms with Gasteiger partial charge in [0.15, 0.2) is 11.5 Å². The molecule has 2 aliphatic carbocycles. The Hall–Kier alpha value is -3.26. The van der Waals surface area contributed by atoms with Crippen molar-refractivity contribution in [2.24, 2.45) is 0 Å². The van der Waals surface area contributed by atoms with Gasteiger partial charge >= 0.3 is 0 Å². The minimum absolute atomic E-state index is 0.290. The van der Waals surface area contributed by atoms with Gasteiger partial charge in [-0.1, -0.05) is 65.6 Å². The Balaban J connectivity index is 1.47. The van der Waals surface area contributed by atoms with Gasteiger partial charge in [-0.15, -0.1) is 0 Å². The number of rotatable bonds is 14. The second-order valence-electron chi connectivity index (χ2n) is 13.9. The molecule has 0 radical (unpaired) electrons. The van der Waals surface area contributed by atoms with Gasteiger partial charge in [0.05, 0.1) is 24.4 Å². The molecule has 42 heavy (non-hydrogen) atoms. The minimum Gasteiger partial charge on any atom is -0.482 e. The highest BCUT2D eigenvalue weighted by Gasteiger charge is 2.31. The fourth-order valence-corrected chi connectivity index (χ4v) is 5.15. The first-order valence-electron chi connectivity index (χ1n) is 15.1. The number of fused-ring (bicyclic) bond motifs is 1. The normalized spacial score (nSPS) is 15.6. The van der Waals surface area contributed by atoms with E-state index in [9.17, 15) is 0 Å². The fourth-order valence-electron chi connectivity index (χ4n) is 5.15. The van der Waals surface area contributed by atoms with Crippen molar-refractivity contribution < 1.29 is 18.9 Å². The van der Waals surface area contributed by atoms with Crippen molar-refractivity contribution >= 4 is 10.8 Å². The molecule has 0 amide bonds. The van der Waals surface area contributed by atoms with E-state index < -0.39 is 11.2 Å². The van der Waals surface area contributed by atoms with Crippen LogP contribution in [0.1, 0.15) is 81.1 Å². The summed E-state index contributed by atoms with van der Waals surface area (Å²) in [6.07, 6.45) is 16.3.